The number of piperidine rings is 1. The van der Waals surface area contributed by atoms with Crippen LogP contribution in [0.4, 0.5) is 4.39 Å². The lowest BCUT2D eigenvalue weighted by atomic mass is 9.97. The molecule has 6 heteroatoms. The molecule has 0 radical (unpaired) electrons. The number of likely N-dealkylation sites (tertiary alicyclic amines) is 1. The lowest BCUT2D eigenvalue weighted by Gasteiger charge is -2.38. The summed E-state index contributed by atoms with van der Waals surface area (Å²) in [6.45, 7) is 6.03. The summed E-state index contributed by atoms with van der Waals surface area (Å²) in [4.78, 5) is 19.6. The highest BCUT2D eigenvalue weighted by Crippen LogP contribution is 2.26. The summed E-state index contributed by atoms with van der Waals surface area (Å²) in [5.41, 5.74) is 0.0238. The summed E-state index contributed by atoms with van der Waals surface area (Å²) >= 11 is 6.10. The fraction of sp³-hybridized carbons (Fsp3) is 0.632. The molecule has 3 rings (SSSR count). The number of amides is 1. The molecule has 2 fully saturated rings. The molecule has 138 valence electrons. The molecule has 0 aliphatic carbocycles. The molecule has 0 spiro atoms. The van der Waals surface area contributed by atoms with Gasteiger partial charge in [0.1, 0.15) is 5.82 Å². The van der Waals surface area contributed by atoms with Gasteiger partial charge in [-0.1, -0.05) is 17.7 Å². The van der Waals surface area contributed by atoms with E-state index in [9.17, 15) is 9.18 Å². The summed E-state index contributed by atoms with van der Waals surface area (Å²) in [7, 11) is 2.15. The maximum Gasteiger partial charge on any atom is 0.258 e. The number of carbonyl (C=O) groups is 1. The fourth-order valence-electron chi connectivity index (χ4n) is 3.82. The van der Waals surface area contributed by atoms with E-state index in [2.05, 4.69) is 16.8 Å². The lowest BCUT2D eigenvalue weighted by Crippen LogP contribution is -2.48. The standard InChI is InChI=1S/C19H27ClFN3O/c1-22-11-13-23(14-12-22)10-8-15-5-2-3-9-24(15)19(25)18-16(20)6-4-7-17(18)21/h4,6-7,15H,2-3,5,8-14H2,1H3/t15-/m0/s1. The van der Waals surface area contributed by atoms with Crippen LogP contribution < -0.4 is 0 Å². The second kappa shape index (κ2) is 8.47. The number of hydrogen-bond donors (Lipinski definition) is 0. The van der Waals surface area contributed by atoms with Crippen LogP contribution in [-0.2, 0) is 0 Å². The minimum Gasteiger partial charge on any atom is -0.335 e. The van der Waals surface area contributed by atoms with Gasteiger partial charge in [-0.15, -0.1) is 0 Å². The Morgan fingerprint density at radius 1 is 1.20 bits per heavy atom. The first-order chi connectivity index (χ1) is 12.1. The van der Waals surface area contributed by atoms with Crippen molar-refractivity contribution < 1.29 is 9.18 Å². The Kier molecular flexibility index (Phi) is 6.31. The monoisotopic (exact) mass is 367 g/mol. The summed E-state index contributed by atoms with van der Waals surface area (Å²) in [5.74, 6) is -0.785. The third-order valence-corrected chi connectivity index (χ3v) is 5.75. The van der Waals surface area contributed by atoms with Crippen LogP contribution in [0.5, 0.6) is 0 Å². The van der Waals surface area contributed by atoms with Crippen molar-refractivity contribution in [1.82, 2.24) is 14.7 Å². The number of hydrogen-bond acceptors (Lipinski definition) is 3. The highest BCUT2D eigenvalue weighted by molar-refractivity contribution is 6.33. The number of halogens is 2. The van der Waals surface area contributed by atoms with E-state index in [0.29, 0.717) is 6.54 Å². The Labute approximate surface area is 154 Å². The van der Waals surface area contributed by atoms with Crippen molar-refractivity contribution >= 4 is 17.5 Å². The number of nitrogens with zero attached hydrogens (tertiary/aromatic N) is 3. The predicted molar refractivity (Wildman–Crippen MR) is 98.6 cm³/mol. The number of carbonyl (C=O) groups excluding carboxylic acids is 1. The van der Waals surface area contributed by atoms with Gasteiger partial charge in [-0.2, -0.15) is 0 Å². The zero-order valence-corrected chi connectivity index (χ0v) is 15.6. The largest absolute Gasteiger partial charge is 0.335 e. The second-order valence-electron chi connectivity index (χ2n) is 7.18. The van der Waals surface area contributed by atoms with Crippen LogP contribution in [0.15, 0.2) is 18.2 Å². The number of rotatable bonds is 4. The number of piperazine rings is 1. The molecule has 0 aromatic heterocycles. The summed E-state index contributed by atoms with van der Waals surface area (Å²) < 4.78 is 14.2. The van der Waals surface area contributed by atoms with Crippen LogP contribution in [-0.4, -0.2) is 73.0 Å². The zero-order chi connectivity index (χ0) is 17.8. The van der Waals surface area contributed by atoms with Gasteiger partial charge in [-0.25, -0.2) is 4.39 Å². The fourth-order valence-corrected chi connectivity index (χ4v) is 4.06. The van der Waals surface area contributed by atoms with Gasteiger partial charge in [0.05, 0.1) is 10.6 Å². The Hall–Kier alpha value is -1.17. The van der Waals surface area contributed by atoms with Gasteiger partial charge in [0.2, 0.25) is 0 Å². The Balaban J connectivity index is 1.65. The van der Waals surface area contributed by atoms with Gasteiger partial charge in [-0.05, 0) is 44.9 Å². The smallest absolute Gasteiger partial charge is 0.258 e. The van der Waals surface area contributed by atoms with E-state index < -0.39 is 5.82 Å². The molecular weight excluding hydrogens is 341 g/mol. The third kappa shape index (κ3) is 4.52. The topological polar surface area (TPSA) is 26.8 Å². The molecule has 0 N–H and O–H groups in total. The summed E-state index contributed by atoms with van der Waals surface area (Å²) in [6, 6.07) is 4.61. The normalized spacial score (nSPS) is 23.0. The third-order valence-electron chi connectivity index (χ3n) is 5.44. The van der Waals surface area contributed by atoms with Crippen LogP contribution in [0.25, 0.3) is 0 Å². The van der Waals surface area contributed by atoms with Crippen LogP contribution in [0.2, 0.25) is 5.02 Å². The predicted octanol–water partition coefficient (Wildman–Crippen LogP) is 3.11. The van der Waals surface area contributed by atoms with Crippen molar-refractivity contribution in [2.75, 3.05) is 46.3 Å². The lowest BCUT2D eigenvalue weighted by molar-refractivity contribution is 0.0565. The van der Waals surface area contributed by atoms with Crippen LogP contribution >= 0.6 is 11.6 Å². The van der Waals surface area contributed by atoms with Crippen LogP contribution in [0.3, 0.4) is 0 Å². The quantitative estimate of drug-likeness (QED) is 0.818. The Morgan fingerprint density at radius 3 is 2.68 bits per heavy atom. The van der Waals surface area contributed by atoms with E-state index in [0.717, 1.165) is 58.4 Å². The van der Waals surface area contributed by atoms with Crippen molar-refractivity contribution in [3.8, 4) is 0 Å². The van der Waals surface area contributed by atoms with Gasteiger partial charge in [0.25, 0.3) is 5.91 Å². The van der Waals surface area contributed by atoms with Gasteiger partial charge in [-0.3, -0.25) is 4.79 Å². The van der Waals surface area contributed by atoms with Crippen molar-refractivity contribution in [3.05, 3.63) is 34.6 Å². The molecule has 0 unspecified atom stereocenters. The van der Waals surface area contributed by atoms with E-state index in [4.69, 9.17) is 11.6 Å². The molecule has 1 aromatic carbocycles. The SMILES string of the molecule is CN1CCN(CC[C@@H]2CCCCN2C(=O)c2c(F)cccc2Cl)CC1. The van der Waals surface area contributed by atoms with E-state index in [1.807, 2.05) is 4.90 Å². The second-order valence-corrected chi connectivity index (χ2v) is 7.59. The minimum absolute atomic E-state index is 0.0238. The highest BCUT2D eigenvalue weighted by Gasteiger charge is 2.30. The van der Waals surface area contributed by atoms with E-state index in [-0.39, 0.29) is 22.5 Å². The zero-order valence-electron chi connectivity index (χ0n) is 14.9. The molecule has 1 atom stereocenters. The van der Waals surface area contributed by atoms with Gasteiger partial charge < -0.3 is 14.7 Å². The first-order valence-corrected chi connectivity index (χ1v) is 9.60. The molecule has 4 nitrogen and oxygen atoms in total. The first kappa shape index (κ1) is 18.6. The summed E-state index contributed by atoms with van der Waals surface area (Å²) in [5, 5.41) is 0.202. The molecule has 1 aromatic rings. The molecule has 0 saturated carbocycles. The van der Waals surface area contributed by atoms with Crippen LogP contribution in [0, 0.1) is 5.82 Å². The molecular formula is C19H27ClFN3O. The Bertz CT molecular complexity index is 584. The van der Waals surface area contributed by atoms with Gasteiger partial charge >= 0.3 is 0 Å². The maximum atomic E-state index is 14.2. The van der Waals surface area contributed by atoms with Crippen LogP contribution in [0.1, 0.15) is 36.0 Å². The number of benzene rings is 1. The Morgan fingerprint density at radius 2 is 1.96 bits per heavy atom. The molecule has 2 aliphatic heterocycles. The van der Waals surface area contributed by atoms with Crippen molar-refractivity contribution in [1.29, 1.82) is 0 Å². The van der Waals surface area contributed by atoms with Crippen molar-refractivity contribution in [3.63, 3.8) is 0 Å². The first-order valence-electron chi connectivity index (χ1n) is 9.22. The van der Waals surface area contributed by atoms with Crippen molar-refractivity contribution in [2.24, 2.45) is 0 Å². The molecule has 2 saturated heterocycles. The molecule has 2 aliphatic rings. The van der Waals surface area contributed by atoms with E-state index in [1.165, 1.54) is 12.1 Å². The molecule has 0 bridgehead atoms. The molecule has 1 amide bonds. The average molecular weight is 368 g/mol. The van der Waals surface area contributed by atoms with Gasteiger partial charge in [0.15, 0.2) is 0 Å². The van der Waals surface area contributed by atoms with E-state index in [1.54, 1.807) is 6.07 Å². The number of likely N-dealkylation sites (N-methyl/N-ethyl adjacent to an activating group) is 1. The maximum absolute atomic E-state index is 14.2. The summed E-state index contributed by atoms with van der Waals surface area (Å²) in [6.07, 6.45) is 4.04. The van der Waals surface area contributed by atoms with Crippen molar-refractivity contribution in [2.45, 2.75) is 31.7 Å². The average Bonchev–Trinajstić information content (AvgIpc) is 2.61. The molecule has 25 heavy (non-hydrogen) atoms. The molecule has 2 heterocycles. The van der Waals surface area contributed by atoms with Gasteiger partial charge in [0, 0.05) is 45.3 Å². The minimum atomic E-state index is -0.527. The highest BCUT2D eigenvalue weighted by atomic mass is 35.5. The van der Waals surface area contributed by atoms with E-state index >= 15 is 0 Å².